The lowest BCUT2D eigenvalue weighted by Gasteiger charge is -2.03. The molecule has 0 bridgehead atoms. The van der Waals surface area contributed by atoms with Gasteiger partial charge in [0.2, 0.25) is 11.4 Å². The van der Waals surface area contributed by atoms with Crippen molar-refractivity contribution in [2.45, 2.75) is 6.42 Å². The summed E-state index contributed by atoms with van der Waals surface area (Å²) >= 11 is 0. The Balaban J connectivity index is 1.98. The van der Waals surface area contributed by atoms with E-state index in [2.05, 4.69) is 77.5 Å². The average Bonchev–Trinajstić information content (AvgIpc) is 2.90. The molecule has 4 rings (SSSR count). The molecule has 3 aromatic carbocycles. The number of para-hydroxylation sites is 1. The highest BCUT2D eigenvalue weighted by atomic mass is 15.0. The number of hydrogen-bond donors (Lipinski definition) is 0. The van der Waals surface area contributed by atoms with Gasteiger partial charge in [0.1, 0.15) is 0 Å². The topological polar surface area (TPSA) is 3.01 Å². The molecular weight excluding hydrogens is 230 g/mol. The van der Waals surface area contributed by atoms with Crippen LogP contribution in [0.5, 0.6) is 0 Å². The van der Waals surface area contributed by atoms with E-state index in [0.29, 0.717) is 0 Å². The van der Waals surface area contributed by atoms with Crippen LogP contribution in [0.3, 0.4) is 0 Å². The van der Waals surface area contributed by atoms with Crippen LogP contribution in [0.1, 0.15) is 5.56 Å². The predicted molar refractivity (Wildman–Crippen MR) is 81.6 cm³/mol. The minimum atomic E-state index is 1.01. The van der Waals surface area contributed by atoms with E-state index in [4.69, 9.17) is 0 Å². The van der Waals surface area contributed by atoms with Crippen LogP contribution in [0.4, 0.5) is 11.4 Å². The molecule has 0 aromatic heterocycles. The van der Waals surface area contributed by atoms with Crippen molar-refractivity contribution in [1.82, 2.24) is 4.58 Å². The first-order valence-electron chi connectivity index (χ1n) is 6.62. The van der Waals surface area contributed by atoms with Crippen LogP contribution in [-0.4, -0.2) is 6.21 Å². The van der Waals surface area contributed by atoms with Crippen molar-refractivity contribution >= 4 is 28.4 Å². The van der Waals surface area contributed by atoms with Crippen LogP contribution in [-0.2, 0) is 6.42 Å². The van der Waals surface area contributed by atoms with Crippen molar-refractivity contribution in [2.24, 2.45) is 0 Å². The molecule has 3 aromatic rings. The quantitative estimate of drug-likeness (QED) is 0.561. The van der Waals surface area contributed by atoms with Gasteiger partial charge in [0, 0.05) is 17.7 Å². The first-order chi connectivity index (χ1) is 9.43. The van der Waals surface area contributed by atoms with Crippen molar-refractivity contribution in [3.63, 3.8) is 0 Å². The highest BCUT2D eigenvalue weighted by molar-refractivity contribution is 5.96. The maximum Gasteiger partial charge on any atom is 0.218 e. The number of hydrogen-bond acceptors (Lipinski definition) is 0. The smallest absolute Gasteiger partial charge is 0.163 e. The Labute approximate surface area is 112 Å². The monoisotopic (exact) mass is 244 g/mol. The molecule has 0 amide bonds. The number of fused-ring (bicyclic) bond motifs is 2. The van der Waals surface area contributed by atoms with E-state index >= 15 is 0 Å². The fourth-order valence-corrected chi connectivity index (χ4v) is 2.85. The minimum absolute atomic E-state index is 1.01. The summed E-state index contributed by atoms with van der Waals surface area (Å²) in [5.41, 5.74) is 3.97. The van der Waals surface area contributed by atoms with Gasteiger partial charge < -0.3 is 0 Å². The van der Waals surface area contributed by atoms with Gasteiger partial charge in [0.15, 0.2) is 6.21 Å². The van der Waals surface area contributed by atoms with Gasteiger partial charge in [-0.05, 0) is 11.5 Å². The number of rotatable bonds is 1. The SMILES string of the molecule is C1=[N+](c2cccc3ccccc23)c2ccccc2C1. The van der Waals surface area contributed by atoms with Gasteiger partial charge in [-0.2, -0.15) is 4.58 Å². The maximum atomic E-state index is 2.32. The number of nitrogens with zero attached hydrogens (tertiary/aromatic N) is 1. The van der Waals surface area contributed by atoms with E-state index in [1.54, 1.807) is 0 Å². The summed E-state index contributed by atoms with van der Waals surface area (Å²) < 4.78 is 2.32. The molecule has 0 saturated carbocycles. The third-order valence-electron chi connectivity index (χ3n) is 3.77. The molecule has 1 aliphatic rings. The van der Waals surface area contributed by atoms with Crippen molar-refractivity contribution in [1.29, 1.82) is 0 Å². The van der Waals surface area contributed by atoms with E-state index in [9.17, 15) is 0 Å². The van der Waals surface area contributed by atoms with Gasteiger partial charge in [-0.15, -0.1) is 0 Å². The number of benzene rings is 3. The molecule has 0 saturated heterocycles. The second-order valence-corrected chi connectivity index (χ2v) is 4.88. The zero-order valence-electron chi connectivity index (χ0n) is 10.6. The summed E-state index contributed by atoms with van der Waals surface area (Å²) in [6, 6.07) is 23.7. The molecule has 0 spiro atoms. The van der Waals surface area contributed by atoms with Crippen LogP contribution >= 0.6 is 0 Å². The summed E-state index contributed by atoms with van der Waals surface area (Å²) in [5, 5.41) is 2.59. The van der Waals surface area contributed by atoms with Gasteiger partial charge in [-0.1, -0.05) is 48.5 Å². The van der Waals surface area contributed by atoms with Crippen LogP contribution in [0.2, 0.25) is 0 Å². The average molecular weight is 244 g/mol. The van der Waals surface area contributed by atoms with Crippen LogP contribution in [0.25, 0.3) is 10.8 Å². The summed E-state index contributed by atoms with van der Waals surface area (Å²) in [6.07, 6.45) is 3.28. The highest BCUT2D eigenvalue weighted by Crippen LogP contribution is 2.32. The van der Waals surface area contributed by atoms with E-state index in [0.717, 1.165) is 6.42 Å². The lowest BCUT2D eigenvalue weighted by atomic mass is 10.1. The molecule has 1 aliphatic heterocycles. The van der Waals surface area contributed by atoms with Crippen molar-refractivity contribution in [2.75, 3.05) is 0 Å². The molecule has 0 fully saturated rings. The lowest BCUT2D eigenvalue weighted by Crippen LogP contribution is -2.01. The maximum absolute atomic E-state index is 2.32. The first-order valence-corrected chi connectivity index (χ1v) is 6.62. The Kier molecular flexibility index (Phi) is 2.25. The molecule has 0 aliphatic carbocycles. The molecule has 0 atom stereocenters. The Bertz CT molecular complexity index is 794. The summed E-state index contributed by atoms with van der Waals surface area (Å²) in [5.74, 6) is 0. The van der Waals surface area contributed by atoms with Gasteiger partial charge in [0.25, 0.3) is 0 Å². The van der Waals surface area contributed by atoms with Gasteiger partial charge >= 0.3 is 0 Å². The van der Waals surface area contributed by atoms with Gasteiger partial charge in [-0.3, -0.25) is 0 Å². The Morgan fingerprint density at radius 1 is 0.684 bits per heavy atom. The summed E-state index contributed by atoms with van der Waals surface area (Å²) in [6.45, 7) is 0. The van der Waals surface area contributed by atoms with Crippen molar-refractivity contribution < 1.29 is 0 Å². The predicted octanol–water partition coefficient (Wildman–Crippen LogP) is 4.30. The molecule has 90 valence electrons. The first kappa shape index (κ1) is 10.5. The van der Waals surface area contributed by atoms with Crippen LogP contribution in [0.15, 0.2) is 66.7 Å². The molecule has 1 heterocycles. The van der Waals surface area contributed by atoms with Gasteiger partial charge in [-0.25, -0.2) is 0 Å². The third kappa shape index (κ3) is 1.59. The molecule has 0 unspecified atom stereocenters. The van der Waals surface area contributed by atoms with Crippen LogP contribution in [0, 0.1) is 0 Å². The molecular formula is C18H14N+. The van der Waals surface area contributed by atoms with E-state index < -0.39 is 0 Å². The van der Waals surface area contributed by atoms with E-state index in [1.807, 2.05) is 0 Å². The van der Waals surface area contributed by atoms with Crippen molar-refractivity contribution in [3.05, 3.63) is 72.3 Å². The largest absolute Gasteiger partial charge is 0.218 e. The molecule has 1 heteroatoms. The third-order valence-corrected chi connectivity index (χ3v) is 3.77. The molecule has 0 radical (unpaired) electrons. The standard InChI is InChI=1S/C18H14N/c1-3-9-16-14(6-1)8-5-11-18(16)19-13-12-15-7-2-4-10-17(15)19/h1-11,13H,12H2/q+1. The molecule has 0 N–H and O–H groups in total. The fourth-order valence-electron chi connectivity index (χ4n) is 2.85. The summed E-state index contributed by atoms with van der Waals surface area (Å²) in [4.78, 5) is 0. The Hall–Kier alpha value is -2.41. The zero-order valence-corrected chi connectivity index (χ0v) is 10.6. The zero-order chi connectivity index (χ0) is 12.7. The Morgan fingerprint density at radius 3 is 2.42 bits per heavy atom. The lowest BCUT2D eigenvalue weighted by molar-refractivity contribution is 1.13. The fraction of sp³-hybridized carbons (Fsp3) is 0.0556. The van der Waals surface area contributed by atoms with Gasteiger partial charge in [0.05, 0.1) is 11.8 Å². The summed E-state index contributed by atoms with van der Waals surface area (Å²) in [7, 11) is 0. The van der Waals surface area contributed by atoms with Crippen molar-refractivity contribution in [3.8, 4) is 0 Å². The normalized spacial score (nSPS) is 13.4. The van der Waals surface area contributed by atoms with E-state index in [-0.39, 0.29) is 0 Å². The Morgan fingerprint density at radius 2 is 1.42 bits per heavy atom. The molecule has 1 nitrogen and oxygen atoms in total. The second-order valence-electron chi connectivity index (χ2n) is 4.88. The molecule has 19 heavy (non-hydrogen) atoms. The minimum Gasteiger partial charge on any atom is -0.163 e. The highest BCUT2D eigenvalue weighted by Gasteiger charge is 2.24. The second kappa shape index (κ2) is 4.06. The van der Waals surface area contributed by atoms with Crippen LogP contribution < -0.4 is 4.58 Å². The van der Waals surface area contributed by atoms with E-state index in [1.165, 1.54) is 27.7 Å².